The molecule has 0 amide bonds. The molecule has 0 radical (unpaired) electrons. The standard InChI is InChI=1S/C17H19FN2O4/c18-11-7-9-2-1-8(6-12(9)20-15(11)19)5-10-3-4-17(23)13(21)16(22)24-14(10)17/h1-2,6-7,10,13-14,16,21-23H,3-5H2,(H2,19,20)/t10-,13-,14+,16?,17-/m0/s1. The number of nitrogens with two attached hydrogens (primary N) is 1. The third kappa shape index (κ3) is 2.28. The second kappa shape index (κ2) is 5.35. The first-order chi connectivity index (χ1) is 11.4. The van der Waals surface area contributed by atoms with Crippen LogP contribution in [0.15, 0.2) is 24.3 Å². The molecule has 2 aromatic rings. The van der Waals surface area contributed by atoms with Crippen LogP contribution in [0.4, 0.5) is 10.2 Å². The van der Waals surface area contributed by atoms with Crippen molar-refractivity contribution in [2.24, 2.45) is 5.92 Å². The number of nitrogen functional groups attached to an aromatic ring is 1. The molecule has 1 aliphatic heterocycles. The van der Waals surface area contributed by atoms with E-state index in [0.717, 1.165) is 5.56 Å². The summed E-state index contributed by atoms with van der Waals surface area (Å²) in [5.74, 6) is -0.712. The normalized spacial score (nSPS) is 35.5. The van der Waals surface area contributed by atoms with Crippen molar-refractivity contribution < 1.29 is 24.4 Å². The average Bonchev–Trinajstić information content (AvgIpc) is 2.96. The highest BCUT2D eigenvalue weighted by molar-refractivity contribution is 5.80. The lowest BCUT2D eigenvalue weighted by atomic mass is 9.90. The number of rotatable bonds is 2. The van der Waals surface area contributed by atoms with E-state index in [4.69, 9.17) is 10.5 Å². The Morgan fingerprint density at radius 1 is 1.33 bits per heavy atom. The largest absolute Gasteiger partial charge is 0.385 e. The van der Waals surface area contributed by atoms with Crippen LogP contribution in [0.5, 0.6) is 0 Å². The summed E-state index contributed by atoms with van der Waals surface area (Å²) in [5, 5.41) is 30.8. The fraction of sp³-hybridized carbons (Fsp3) is 0.471. The average molecular weight is 334 g/mol. The van der Waals surface area contributed by atoms with Gasteiger partial charge in [0.25, 0.3) is 0 Å². The van der Waals surface area contributed by atoms with Crippen LogP contribution in [0.25, 0.3) is 10.9 Å². The van der Waals surface area contributed by atoms with Crippen LogP contribution < -0.4 is 5.73 Å². The number of hydrogen-bond donors (Lipinski definition) is 4. The van der Waals surface area contributed by atoms with Gasteiger partial charge in [-0.2, -0.15) is 0 Å². The van der Waals surface area contributed by atoms with Gasteiger partial charge in [0.1, 0.15) is 11.7 Å². The molecule has 1 aliphatic carbocycles. The zero-order valence-corrected chi connectivity index (χ0v) is 12.9. The zero-order chi connectivity index (χ0) is 17.1. The van der Waals surface area contributed by atoms with Crippen molar-refractivity contribution in [2.45, 2.75) is 43.4 Å². The highest BCUT2D eigenvalue weighted by atomic mass is 19.1. The molecule has 5 N–H and O–H groups in total. The number of benzene rings is 1. The van der Waals surface area contributed by atoms with Gasteiger partial charge in [0.15, 0.2) is 17.9 Å². The van der Waals surface area contributed by atoms with Gasteiger partial charge in [0.2, 0.25) is 0 Å². The van der Waals surface area contributed by atoms with Crippen molar-refractivity contribution in [3.05, 3.63) is 35.6 Å². The Balaban J connectivity index is 1.60. The second-order valence-corrected chi connectivity index (χ2v) is 6.77. The van der Waals surface area contributed by atoms with E-state index in [1.807, 2.05) is 12.1 Å². The van der Waals surface area contributed by atoms with Gasteiger partial charge < -0.3 is 25.8 Å². The van der Waals surface area contributed by atoms with Crippen LogP contribution in [-0.4, -0.2) is 44.4 Å². The van der Waals surface area contributed by atoms with Crippen molar-refractivity contribution in [1.82, 2.24) is 4.98 Å². The zero-order valence-electron chi connectivity index (χ0n) is 12.9. The third-order valence-corrected chi connectivity index (χ3v) is 5.27. The molecule has 0 bridgehead atoms. The minimum absolute atomic E-state index is 0.0305. The molecular formula is C17H19FN2O4. The summed E-state index contributed by atoms with van der Waals surface area (Å²) < 4.78 is 18.8. The molecule has 6 nitrogen and oxygen atoms in total. The maximum Gasteiger partial charge on any atom is 0.184 e. The van der Waals surface area contributed by atoms with Gasteiger partial charge in [0.05, 0.1) is 11.6 Å². The number of ether oxygens (including phenoxy) is 1. The molecule has 2 heterocycles. The maximum atomic E-state index is 13.5. The Morgan fingerprint density at radius 2 is 2.12 bits per heavy atom. The first kappa shape index (κ1) is 15.7. The first-order valence-electron chi connectivity index (χ1n) is 7.97. The third-order valence-electron chi connectivity index (χ3n) is 5.27. The monoisotopic (exact) mass is 334 g/mol. The van der Waals surface area contributed by atoms with E-state index in [0.29, 0.717) is 30.2 Å². The molecule has 7 heteroatoms. The van der Waals surface area contributed by atoms with E-state index in [1.165, 1.54) is 6.07 Å². The Labute approximate surface area is 137 Å². The molecule has 1 saturated heterocycles. The van der Waals surface area contributed by atoms with E-state index < -0.39 is 29.9 Å². The quantitative estimate of drug-likeness (QED) is 0.644. The van der Waals surface area contributed by atoms with Gasteiger partial charge in [-0.05, 0) is 42.9 Å². The number of aromatic nitrogens is 1. The lowest BCUT2D eigenvalue weighted by molar-refractivity contribution is -0.137. The number of hydrogen-bond acceptors (Lipinski definition) is 6. The van der Waals surface area contributed by atoms with E-state index in [9.17, 15) is 19.7 Å². The summed E-state index contributed by atoms with van der Waals surface area (Å²) in [5.41, 5.74) is 5.68. The van der Waals surface area contributed by atoms with Gasteiger partial charge in [-0.25, -0.2) is 9.37 Å². The van der Waals surface area contributed by atoms with Crippen LogP contribution in [-0.2, 0) is 11.2 Å². The van der Waals surface area contributed by atoms with Crippen LogP contribution in [0.1, 0.15) is 18.4 Å². The van der Waals surface area contributed by atoms with E-state index in [-0.39, 0.29) is 11.7 Å². The Morgan fingerprint density at radius 3 is 2.92 bits per heavy atom. The molecule has 1 saturated carbocycles. The van der Waals surface area contributed by atoms with Crippen LogP contribution in [0, 0.1) is 11.7 Å². The summed E-state index contributed by atoms with van der Waals surface area (Å²) in [4.78, 5) is 4.06. The molecule has 1 unspecified atom stereocenters. The lowest BCUT2D eigenvalue weighted by Gasteiger charge is -2.25. The summed E-state index contributed by atoms with van der Waals surface area (Å²) in [6, 6.07) is 6.84. The Bertz CT molecular complexity index is 801. The van der Waals surface area contributed by atoms with Gasteiger partial charge >= 0.3 is 0 Å². The summed E-state index contributed by atoms with van der Waals surface area (Å²) in [7, 11) is 0. The predicted molar refractivity (Wildman–Crippen MR) is 84.4 cm³/mol. The van der Waals surface area contributed by atoms with Crippen molar-refractivity contribution >= 4 is 16.7 Å². The van der Waals surface area contributed by atoms with Crippen LogP contribution in [0.2, 0.25) is 0 Å². The molecule has 1 aromatic heterocycles. The molecule has 0 spiro atoms. The molecular weight excluding hydrogens is 315 g/mol. The second-order valence-electron chi connectivity index (χ2n) is 6.77. The van der Waals surface area contributed by atoms with E-state index in [2.05, 4.69) is 4.98 Å². The molecule has 5 atom stereocenters. The number of nitrogens with zero attached hydrogens (tertiary/aromatic N) is 1. The highest BCUT2D eigenvalue weighted by Gasteiger charge is 2.60. The van der Waals surface area contributed by atoms with Crippen molar-refractivity contribution in [3.8, 4) is 0 Å². The Kier molecular flexibility index (Phi) is 3.50. The van der Waals surface area contributed by atoms with Gasteiger partial charge in [0, 0.05) is 5.39 Å². The number of anilines is 1. The topological polar surface area (TPSA) is 109 Å². The van der Waals surface area contributed by atoms with Gasteiger partial charge in [-0.3, -0.25) is 0 Å². The van der Waals surface area contributed by atoms with E-state index >= 15 is 0 Å². The SMILES string of the molecule is Nc1nc2cc(C[C@@H]3CC[C@@]4(O)[C@@H]3OC(O)[C@@H]4O)ccc2cc1F. The number of aliphatic hydroxyl groups excluding tert-OH is 2. The summed E-state index contributed by atoms with van der Waals surface area (Å²) in [6.07, 6.45) is -1.59. The minimum atomic E-state index is -1.40. The highest BCUT2D eigenvalue weighted by Crippen LogP contribution is 2.46. The predicted octanol–water partition coefficient (Wildman–Crippen LogP) is 0.718. The molecule has 128 valence electrons. The van der Waals surface area contributed by atoms with Crippen LogP contribution >= 0.6 is 0 Å². The summed E-state index contributed by atoms with van der Waals surface area (Å²) in [6.45, 7) is 0. The minimum Gasteiger partial charge on any atom is -0.385 e. The van der Waals surface area contributed by atoms with Gasteiger partial charge in [-0.1, -0.05) is 12.1 Å². The van der Waals surface area contributed by atoms with E-state index in [1.54, 1.807) is 6.07 Å². The van der Waals surface area contributed by atoms with Crippen molar-refractivity contribution in [3.63, 3.8) is 0 Å². The smallest absolute Gasteiger partial charge is 0.184 e. The summed E-state index contributed by atoms with van der Waals surface area (Å²) >= 11 is 0. The molecule has 4 rings (SSSR count). The number of halogens is 1. The molecule has 2 aliphatic rings. The fourth-order valence-electron chi connectivity index (χ4n) is 3.98. The first-order valence-corrected chi connectivity index (χ1v) is 7.97. The number of aliphatic hydroxyl groups is 3. The lowest BCUT2D eigenvalue weighted by Crippen LogP contribution is -2.46. The van der Waals surface area contributed by atoms with Crippen LogP contribution in [0.3, 0.4) is 0 Å². The number of pyridine rings is 1. The maximum absolute atomic E-state index is 13.5. The fourth-order valence-corrected chi connectivity index (χ4v) is 3.98. The van der Waals surface area contributed by atoms with Crippen molar-refractivity contribution in [2.75, 3.05) is 5.73 Å². The number of fused-ring (bicyclic) bond motifs is 2. The van der Waals surface area contributed by atoms with Crippen molar-refractivity contribution in [1.29, 1.82) is 0 Å². The molecule has 24 heavy (non-hydrogen) atoms. The van der Waals surface area contributed by atoms with Gasteiger partial charge in [-0.15, -0.1) is 0 Å². The molecule has 2 fully saturated rings. The molecule has 1 aromatic carbocycles. The Hall–Kier alpha value is -1.80.